The van der Waals surface area contributed by atoms with Gasteiger partial charge in [-0.2, -0.15) is 0 Å². The minimum atomic E-state index is 0. The van der Waals surface area contributed by atoms with Crippen LogP contribution in [0.25, 0.3) is 0 Å². The number of allylic oxidation sites excluding steroid dienone is 1. The molecule has 0 aromatic heterocycles. The molecule has 0 aromatic carbocycles. The van der Waals surface area contributed by atoms with Crippen LogP contribution in [-0.2, 0) is 0 Å². The molecule has 0 aliphatic heterocycles. The Hall–Kier alpha value is -0.170. The molecule has 5 heavy (non-hydrogen) atoms. The van der Waals surface area contributed by atoms with Crippen molar-refractivity contribution >= 4 is 12.4 Å². The molecule has 0 rings (SSSR count). The first-order valence-electron chi connectivity index (χ1n) is 1.24. The van der Waals surface area contributed by atoms with Crippen molar-refractivity contribution in [1.29, 1.82) is 0 Å². The minimum absolute atomic E-state index is 0. The predicted molar refractivity (Wildman–Crippen MR) is 26.2 cm³/mol. The van der Waals surface area contributed by atoms with Crippen LogP contribution >= 0.6 is 12.4 Å². The molecule has 0 heterocycles. The third-order valence-electron chi connectivity index (χ3n) is 0.192. The van der Waals surface area contributed by atoms with Crippen LogP contribution in [0.15, 0.2) is 12.3 Å². The van der Waals surface area contributed by atoms with Crippen LogP contribution in [0.5, 0.6) is 0 Å². The van der Waals surface area contributed by atoms with Gasteiger partial charge in [0.15, 0.2) is 0 Å². The normalized spacial score (nSPS) is 7.40. The summed E-state index contributed by atoms with van der Waals surface area (Å²) >= 11 is 0. The topological polar surface area (TPSA) is 26.0 Å². The predicted octanol–water partition coefficient (Wildman–Crippen LogP) is 0.901. The van der Waals surface area contributed by atoms with E-state index in [1.54, 1.807) is 6.08 Å². The Labute approximate surface area is 38.3 Å². The largest absolute Gasteiger partial charge is 0.405 e. The lowest BCUT2D eigenvalue weighted by Gasteiger charge is -1.53. The molecule has 1 nitrogen and oxygen atoms in total. The van der Waals surface area contributed by atoms with Crippen LogP contribution in [0, 0.1) is 0 Å². The molecular weight excluding hydrogens is 85.5 g/mol. The van der Waals surface area contributed by atoms with E-state index in [4.69, 9.17) is 5.73 Å². The number of rotatable bonds is 0. The highest BCUT2D eigenvalue weighted by molar-refractivity contribution is 5.85. The third kappa shape index (κ3) is 18.6. The van der Waals surface area contributed by atoms with E-state index in [9.17, 15) is 0 Å². The van der Waals surface area contributed by atoms with Gasteiger partial charge < -0.3 is 5.73 Å². The van der Waals surface area contributed by atoms with Crippen LogP contribution in [-0.4, -0.2) is 0 Å². The fraction of sp³-hybridized carbons (Fsp3) is 0.333. The Morgan fingerprint density at radius 1 is 1.60 bits per heavy atom. The second-order valence-electron chi connectivity index (χ2n) is 0.526. The lowest BCUT2D eigenvalue weighted by Crippen LogP contribution is -1.70. The molecule has 2 N–H and O–H groups in total. The highest BCUT2D eigenvalue weighted by Gasteiger charge is 1.32. The second kappa shape index (κ2) is 9.16. The Balaban J connectivity index is 0. The lowest BCUT2D eigenvalue weighted by atomic mass is 10.7. The van der Waals surface area contributed by atoms with Crippen molar-refractivity contribution in [1.82, 2.24) is 0 Å². The molecule has 0 saturated heterocycles. The van der Waals surface area contributed by atoms with Gasteiger partial charge in [-0.05, 0) is 13.1 Å². The number of hydrogen-bond donors (Lipinski definition) is 1. The second-order valence-corrected chi connectivity index (χ2v) is 0.526. The van der Waals surface area contributed by atoms with Crippen molar-refractivity contribution in [3.8, 4) is 0 Å². The lowest BCUT2D eigenvalue weighted by molar-refractivity contribution is 1.55. The van der Waals surface area contributed by atoms with Crippen LogP contribution in [0.3, 0.4) is 0 Å². The monoisotopic (exact) mass is 93.0 g/mol. The molecule has 0 saturated carbocycles. The summed E-state index contributed by atoms with van der Waals surface area (Å²) in [7, 11) is 0. The molecular formula is C3H8ClN. The van der Waals surface area contributed by atoms with Gasteiger partial charge in [0.05, 0.1) is 0 Å². The van der Waals surface area contributed by atoms with Gasteiger partial charge in [0.25, 0.3) is 0 Å². The van der Waals surface area contributed by atoms with E-state index in [1.165, 1.54) is 6.20 Å². The highest BCUT2D eigenvalue weighted by Crippen LogP contribution is 1.47. The van der Waals surface area contributed by atoms with Crippen molar-refractivity contribution in [2.45, 2.75) is 6.92 Å². The maximum Gasteiger partial charge on any atom is -0.0106 e. The number of nitrogens with two attached hydrogens (primary N) is 1. The molecule has 0 amide bonds. The Kier molecular flexibility index (Phi) is 16.2. The van der Waals surface area contributed by atoms with E-state index in [2.05, 4.69) is 0 Å². The van der Waals surface area contributed by atoms with E-state index in [-0.39, 0.29) is 12.4 Å². The minimum Gasteiger partial charge on any atom is -0.405 e. The van der Waals surface area contributed by atoms with Gasteiger partial charge in [0, 0.05) is 0 Å². The summed E-state index contributed by atoms with van der Waals surface area (Å²) in [5, 5.41) is 0. The molecule has 0 unspecified atom stereocenters. The van der Waals surface area contributed by atoms with Gasteiger partial charge in [-0.15, -0.1) is 12.4 Å². The van der Waals surface area contributed by atoms with E-state index in [0.29, 0.717) is 0 Å². The fourth-order valence-electron chi connectivity index (χ4n) is 0. The fourth-order valence-corrected chi connectivity index (χ4v) is 0. The first kappa shape index (κ1) is 8.85. The Morgan fingerprint density at radius 2 is 1.80 bits per heavy atom. The standard InChI is InChI=1S/C3H7N.ClH/c1-2-3-4;/h2-3H,4H2,1H3;1H/b3-2+;. The third-order valence-corrected chi connectivity index (χ3v) is 0.192. The van der Waals surface area contributed by atoms with Crippen LogP contribution < -0.4 is 5.73 Å². The zero-order valence-electron chi connectivity index (χ0n) is 3.14. The van der Waals surface area contributed by atoms with Crippen LogP contribution in [0.4, 0.5) is 0 Å². The van der Waals surface area contributed by atoms with Crippen LogP contribution in [0.1, 0.15) is 6.92 Å². The molecule has 0 spiro atoms. The summed E-state index contributed by atoms with van der Waals surface area (Å²) in [5.74, 6) is 0. The summed E-state index contributed by atoms with van der Waals surface area (Å²) in [6, 6.07) is 0. The van der Waals surface area contributed by atoms with Crippen molar-refractivity contribution in [2.75, 3.05) is 0 Å². The van der Waals surface area contributed by atoms with Crippen LogP contribution in [0.2, 0.25) is 0 Å². The summed E-state index contributed by atoms with van der Waals surface area (Å²) in [5.41, 5.74) is 4.85. The first-order valence-corrected chi connectivity index (χ1v) is 1.24. The van der Waals surface area contributed by atoms with Gasteiger partial charge in [0.1, 0.15) is 0 Å². The summed E-state index contributed by atoms with van der Waals surface area (Å²) < 4.78 is 0. The Morgan fingerprint density at radius 3 is 1.80 bits per heavy atom. The molecule has 0 atom stereocenters. The Bertz CT molecular complexity index is 22.1. The average molecular weight is 93.6 g/mol. The summed E-state index contributed by atoms with van der Waals surface area (Å²) in [6.45, 7) is 1.88. The molecule has 0 fully saturated rings. The summed E-state index contributed by atoms with van der Waals surface area (Å²) in [6.07, 6.45) is 3.28. The van der Waals surface area contributed by atoms with Gasteiger partial charge >= 0.3 is 0 Å². The molecule has 0 bridgehead atoms. The van der Waals surface area contributed by atoms with Crippen molar-refractivity contribution in [3.05, 3.63) is 12.3 Å². The van der Waals surface area contributed by atoms with Crippen molar-refractivity contribution in [3.63, 3.8) is 0 Å². The van der Waals surface area contributed by atoms with Gasteiger partial charge in [-0.3, -0.25) is 0 Å². The van der Waals surface area contributed by atoms with Crippen molar-refractivity contribution < 1.29 is 0 Å². The molecule has 0 aromatic rings. The average Bonchev–Trinajstić information content (AvgIpc) is 1.37. The highest BCUT2D eigenvalue weighted by atomic mass is 35.5. The maximum absolute atomic E-state index is 4.85. The molecule has 2 heteroatoms. The van der Waals surface area contributed by atoms with E-state index in [0.717, 1.165) is 0 Å². The molecule has 0 radical (unpaired) electrons. The van der Waals surface area contributed by atoms with Gasteiger partial charge in [0.2, 0.25) is 0 Å². The van der Waals surface area contributed by atoms with E-state index in [1.807, 2.05) is 6.92 Å². The van der Waals surface area contributed by atoms with Gasteiger partial charge in [-0.25, -0.2) is 0 Å². The quantitative estimate of drug-likeness (QED) is 0.473. The summed E-state index contributed by atoms with van der Waals surface area (Å²) in [4.78, 5) is 0. The SMILES string of the molecule is C/C=C/N.Cl. The maximum atomic E-state index is 4.85. The van der Waals surface area contributed by atoms with E-state index >= 15 is 0 Å². The molecule has 0 aliphatic carbocycles. The zero-order valence-corrected chi connectivity index (χ0v) is 3.96. The van der Waals surface area contributed by atoms with E-state index < -0.39 is 0 Å². The first-order chi connectivity index (χ1) is 1.91. The smallest absolute Gasteiger partial charge is 0.0106 e. The number of halogens is 1. The zero-order chi connectivity index (χ0) is 3.41. The molecule has 32 valence electrons. The number of hydrogen-bond acceptors (Lipinski definition) is 1. The van der Waals surface area contributed by atoms with Gasteiger partial charge in [-0.1, -0.05) is 6.08 Å². The van der Waals surface area contributed by atoms with Crippen molar-refractivity contribution in [2.24, 2.45) is 5.73 Å². The molecule has 0 aliphatic rings.